The van der Waals surface area contributed by atoms with Gasteiger partial charge < -0.3 is 0 Å². The van der Waals surface area contributed by atoms with Crippen LogP contribution in [0.15, 0.2) is 94.6 Å². The minimum Gasteiger partial charge on any atom is -0.295 e. The summed E-state index contributed by atoms with van der Waals surface area (Å²) >= 11 is 0. The summed E-state index contributed by atoms with van der Waals surface area (Å²) in [6.45, 7) is 3.62. The normalized spacial score (nSPS) is 11.4. The zero-order chi connectivity index (χ0) is 25.7. The molecule has 0 aliphatic heterocycles. The molecule has 3 aromatic carbocycles. The zero-order valence-electron chi connectivity index (χ0n) is 20.0. The number of aromatic nitrogens is 2. The van der Waals surface area contributed by atoms with Gasteiger partial charge in [0.15, 0.2) is 5.78 Å². The van der Waals surface area contributed by atoms with Gasteiger partial charge in [-0.05, 0) is 61.7 Å². The van der Waals surface area contributed by atoms with Crippen molar-refractivity contribution in [2.75, 3.05) is 6.61 Å². The van der Waals surface area contributed by atoms with Crippen LogP contribution in [0.4, 0.5) is 0 Å². The molecule has 0 atom stereocenters. The van der Waals surface area contributed by atoms with E-state index in [9.17, 15) is 18.0 Å². The molecule has 0 N–H and O–H groups in total. The maximum absolute atomic E-state index is 12.4. The predicted octanol–water partition coefficient (Wildman–Crippen LogP) is 4.42. The van der Waals surface area contributed by atoms with Gasteiger partial charge >= 0.3 is 0 Å². The molecule has 0 bridgehead atoms. The number of rotatable bonds is 9. The lowest BCUT2D eigenvalue weighted by Crippen LogP contribution is -2.23. The zero-order valence-corrected chi connectivity index (χ0v) is 20.9. The van der Waals surface area contributed by atoms with Crippen LogP contribution in [-0.4, -0.2) is 30.6 Å². The summed E-state index contributed by atoms with van der Waals surface area (Å²) in [6, 6.07) is 24.3. The molecule has 0 radical (unpaired) electrons. The standard InChI is InChI=1S/C28H26N2O5S/c1-20-9-11-26(12-10-20)36(33,34)35-16-15-22-5-3-8-25(17-22)27-13-14-28(32)30(29-27)19-23-6-4-7-24(18-23)21(2)31/h3-14,17-18H,15-16,19H2,1-2H3. The molecule has 0 aliphatic carbocycles. The van der Waals surface area contributed by atoms with Gasteiger partial charge in [-0.3, -0.25) is 13.8 Å². The molecule has 4 aromatic rings. The van der Waals surface area contributed by atoms with Crippen molar-refractivity contribution in [1.29, 1.82) is 0 Å². The SMILES string of the molecule is CC(=O)c1cccc(Cn2nc(-c3cccc(CCOS(=O)(=O)c4ccc(C)cc4)c3)ccc2=O)c1. The Hall–Kier alpha value is -3.88. The van der Waals surface area contributed by atoms with Gasteiger partial charge in [0.2, 0.25) is 0 Å². The maximum atomic E-state index is 12.4. The van der Waals surface area contributed by atoms with Crippen LogP contribution in [0, 0.1) is 6.92 Å². The third kappa shape index (κ3) is 6.21. The van der Waals surface area contributed by atoms with Gasteiger partial charge in [-0.1, -0.05) is 54.1 Å². The fraction of sp³-hybridized carbons (Fsp3) is 0.179. The van der Waals surface area contributed by atoms with Gasteiger partial charge in [0.25, 0.3) is 15.7 Å². The molecular weight excluding hydrogens is 476 g/mol. The van der Waals surface area contributed by atoms with Crippen molar-refractivity contribution in [3.63, 3.8) is 0 Å². The van der Waals surface area contributed by atoms with Crippen LogP contribution in [0.2, 0.25) is 0 Å². The van der Waals surface area contributed by atoms with E-state index in [0.717, 1.165) is 22.3 Å². The van der Waals surface area contributed by atoms with Crippen molar-refractivity contribution in [3.05, 3.63) is 118 Å². The van der Waals surface area contributed by atoms with Crippen LogP contribution in [-0.2, 0) is 27.3 Å². The van der Waals surface area contributed by atoms with Gasteiger partial charge in [-0.15, -0.1) is 0 Å². The molecule has 184 valence electrons. The quantitative estimate of drug-likeness (QED) is 0.248. The highest BCUT2D eigenvalue weighted by Gasteiger charge is 2.15. The van der Waals surface area contributed by atoms with Gasteiger partial charge in [-0.25, -0.2) is 4.68 Å². The van der Waals surface area contributed by atoms with Crippen molar-refractivity contribution in [3.8, 4) is 11.3 Å². The summed E-state index contributed by atoms with van der Waals surface area (Å²) in [5, 5.41) is 4.51. The maximum Gasteiger partial charge on any atom is 0.296 e. The first-order valence-corrected chi connectivity index (χ1v) is 12.9. The first kappa shape index (κ1) is 25.2. The number of benzene rings is 3. The molecule has 4 rings (SSSR count). The average Bonchev–Trinajstić information content (AvgIpc) is 2.86. The molecule has 1 aromatic heterocycles. The number of Topliss-reactive ketones (excluding diaryl/α,β-unsaturated/α-hetero) is 1. The minimum atomic E-state index is -3.83. The number of carbonyl (C=O) groups excluding carboxylic acids is 1. The Morgan fingerprint density at radius 1 is 0.917 bits per heavy atom. The molecule has 0 saturated carbocycles. The number of ketones is 1. The van der Waals surface area contributed by atoms with E-state index >= 15 is 0 Å². The summed E-state index contributed by atoms with van der Waals surface area (Å²) in [5.74, 6) is -0.0432. The van der Waals surface area contributed by atoms with E-state index in [1.807, 2.05) is 37.3 Å². The first-order chi connectivity index (χ1) is 17.2. The summed E-state index contributed by atoms with van der Waals surface area (Å²) in [7, 11) is -3.83. The summed E-state index contributed by atoms with van der Waals surface area (Å²) < 4.78 is 31.4. The van der Waals surface area contributed by atoms with Crippen LogP contribution in [0.5, 0.6) is 0 Å². The van der Waals surface area contributed by atoms with E-state index in [0.29, 0.717) is 17.7 Å². The van der Waals surface area contributed by atoms with Crippen molar-refractivity contribution < 1.29 is 17.4 Å². The van der Waals surface area contributed by atoms with Crippen LogP contribution in [0.3, 0.4) is 0 Å². The molecule has 0 saturated heterocycles. The van der Waals surface area contributed by atoms with Gasteiger partial charge in [0.1, 0.15) is 0 Å². The highest BCUT2D eigenvalue weighted by atomic mass is 32.2. The van der Waals surface area contributed by atoms with Gasteiger partial charge in [0, 0.05) is 17.2 Å². The molecule has 0 spiro atoms. The molecule has 8 heteroatoms. The summed E-state index contributed by atoms with van der Waals surface area (Å²) in [5.41, 5.74) is 4.37. The Morgan fingerprint density at radius 3 is 2.39 bits per heavy atom. The molecule has 7 nitrogen and oxygen atoms in total. The fourth-order valence-corrected chi connectivity index (χ4v) is 4.61. The Bertz CT molecular complexity index is 1560. The Labute approximate surface area is 210 Å². The van der Waals surface area contributed by atoms with Crippen molar-refractivity contribution in [1.82, 2.24) is 9.78 Å². The molecule has 0 aliphatic rings. The second-order valence-electron chi connectivity index (χ2n) is 8.51. The Morgan fingerprint density at radius 2 is 1.64 bits per heavy atom. The number of carbonyl (C=O) groups is 1. The lowest BCUT2D eigenvalue weighted by atomic mass is 10.1. The summed E-state index contributed by atoms with van der Waals surface area (Å²) in [6.07, 6.45) is 0.385. The van der Waals surface area contributed by atoms with Gasteiger partial charge in [0.05, 0.1) is 23.7 Å². The lowest BCUT2D eigenvalue weighted by molar-refractivity contribution is 0.101. The fourth-order valence-electron chi connectivity index (χ4n) is 3.71. The second-order valence-corrected chi connectivity index (χ2v) is 10.1. The predicted molar refractivity (Wildman–Crippen MR) is 138 cm³/mol. The first-order valence-electron chi connectivity index (χ1n) is 11.4. The highest BCUT2D eigenvalue weighted by Crippen LogP contribution is 2.19. The third-order valence-corrected chi connectivity index (χ3v) is 7.02. The van der Waals surface area contributed by atoms with Crippen molar-refractivity contribution in [2.45, 2.75) is 31.7 Å². The minimum absolute atomic E-state index is 0.000914. The summed E-state index contributed by atoms with van der Waals surface area (Å²) in [4.78, 5) is 24.2. The van der Waals surface area contributed by atoms with Crippen LogP contribution in [0.25, 0.3) is 11.3 Å². The van der Waals surface area contributed by atoms with Crippen LogP contribution in [0.1, 0.15) is 34.0 Å². The Balaban J connectivity index is 1.48. The largest absolute Gasteiger partial charge is 0.296 e. The molecule has 0 fully saturated rings. The number of aryl methyl sites for hydroxylation is 1. The van der Waals surface area contributed by atoms with Crippen LogP contribution < -0.4 is 5.56 Å². The monoisotopic (exact) mass is 502 g/mol. The highest BCUT2D eigenvalue weighted by molar-refractivity contribution is 7.86. The lowest BCUT2D eigenvalue weighted by Gasteiger charge is -2.10. The molecular formula is C28H26N2O5S. The smallest absolute Gasteiger partial charge is 0.295 e. The van der Waals surface area contributed by atoms with Crippen molar-refractivity contribution in [2.24, 2.45) is 0 Å². The van der Waals surface area contributed by atoms with E-state index in [1.54, 1.807) is 36.4 Å². The molecule has 0 amide bonds. The Kier molecular flexibility index (Phi) is 7.57. The number of nitrogens with zero attached hydrogens (tertiary/aromatic N) is 2. The number of hydrogen-bond acceptors (Lipinski definition) is 6. The molecule has 1 heterocycles. The average molecular weight is 503 g/mol. The molecule has 36 heavy (non-hydrogen) atoms. The van der Waals surface area contributed by atoms with E-state index in [-0.39, 0.29) is 29.4 Å². The topological polar surface area (TPSA) is 95.3 Å². The molecule has 0 unspecified atom stereocenters. The van der Waals surface area contributed by atoms with E-state index < -0.39 is 10.1 Å². The van der Waals surface area contributed by atoms with E-state index in [1.165, 1.54) is 29.8 Å². The van der Waals surface area contributed by atoms with E-state index in [2.05, 4.69) is 5.10 Å². The van der Waals surface area contributed by atoms with E-state index in [4.69, 9.17) is 4.18 Å². The van der Waals surface area contributed by atoms with Gasteiger partial charge in [-0.2, -0.15) is 13.5 Å². The second kappa shape index (κ2) is 10.8. The van der Waals surface area contributed by atoms with Crippen LogP contribution >= 0.6 is 0 Å². The number of hydrogen-bond donors (Lipinski definition) is 0. The third-order valence-electron chi connectivity index (χ3n) is 5.69. The van der Waals surface area contributed by atoms with Crippen molar-refractivity contribution >= 4 is 15.9 Å².